The zero-order valence-corrected chi connectivity index (χ0v) is 15.7. The van der Waals surface area contributed by atoms with Crippen molar-refractivity contribution in [3.8, 4) is 11.5 Å². The standard InChI is InChI=1S/C19H15BrF2O5/c1-25-17-10-12(2-8-16(17)27-19(21)22)3-9-18(24)26-11-15(23)13-4-6-14(20)7-5-13/h2-10,19H,11H2,1H3. The van der Waals surface area contributed by atoms with E-state index in [1.807, 2.05) is 0 Å². The molecule has 2 aromatic carbocycles. The van der Waals surface area contributed by atoms with Gasteiger partial charge in [0.15, 0.2) is 23.9 Å². The molecule has 27 heavy (non-hydrogen) atoms. The van der Waals surface area contributed by atoms with Gasteiger partial charge in [-0.25, -0.2) is 4.79 Å². The lowest BCUT2D eigenvalue weighted by Crippen LogP contribution is -2.12. The predicted octanol–water partition coefficient (Wildman–Crippen LogP) is 4.50. The fraction of sp³-hybridized carbons (Fsp3) is 0.158. The summed E-state index contributed by atoms with van der Waals surface area (Å²) in [5.41, 5.74) is 0.930. The van der Waals surface area contributed by atoms with Crippen LogP contribution in [0.25, 0.3) is 6.08 Å². The molecule has 2 rings (SSSR count). The number of alkyl halides is 2. The number of benzene rings is 2. The number of hydrogen-bond donors (Lipinski definition) is 0. The highest BCUT2D eigenvalue weighted by Gasteiger charge is 2.11. The average molecular weight is 441 g/mol. The van der Waals surface area contributed by atoms with Crippen molar-refractivity contribution in [1.82, 2.24) is 0 Å². The van der Waals surface area contributed by atoms with Crippen LogP contribution in [0.15, 0.2) is 53.0 Å². The highest BCUT2D eigenvalue weighted by atomic mass is 79.9. The molecule has 0 aliphatic carbocycles. The minimum absolute atomic E-state index is 0.0937. The van der Waals surface area contributed by atoms with Crippen molar-refractivity contribution in [1.29, 1.82) is 0 Å². The van der Waals surface area contributed by atoms with E-state index in [1.165, 1.54) is 31.4 Å². The van der Waals surface area contributed by atoms with Crippen LogP contribution in [0.4, 0.5) is 8.78 Å². The van der Waals surface area contributed by atoms with Crippen LogP contribution in [0.3, 0.4) is 0 Å². The second-order valence-corrected chi connectivity index (χ2v) is 6.08. The summed E-state index contributed by atoms with van der Waals surface area (Å²) in [6.45, 7) is -3.37. The van der Waals surface area contributed by atoms with E-state index in [9.17, 15) is 18.4 Å². The van der Waals surface area contributed by atoms with E-state index in [4.69, 9.17) is 9.47 Å². The summed E-state index contributed by atoms with van der Waals surface area (Å²) in [5.74, 6) is -1.07. The summed E-state index contributed by atoms with van der Waals surface area (Å²) < 4.78 is 39.6. The van der Waals surface area contributed by atoms with Crippen molar-refractivity contribution < 1.29 is 32.6 Å². The SMILES string of the molecule is COc1cc(C=CC(=O)OCC(=O)c2ccc(Br)cc2)ccc1OC(F)F. The molecule has 0 unspecified atom stereocenters. The van der Waals surface area contributed by atoms with Crippen LogP contribution in [0, 0.1) is 0 Å². The lowest BCUT2D eigenvalue weighted by molar-refractivity contribution is -0.136. The average Bonchev–Trinajstić information content (AvgIpc) is 2.65. The molecule has 0 radical (unpaired) electrons. The van der Waals surface area contributed by atoms with Gasteiger partial charge >= 0.3 is 12.6 Å². The van der Waals surface area contributed by atoms with Crippen LogP contribution >= 0.6 is 15.9 Å². The minimum Gasteiger partial charge on any atom is -0.493 e. The van der Waals surface area contributed by atoms with Gasteiger partial charge in [0.25, 0.3) is 0 Å². The first-order valence-corrected chi connectivity index (χ1v) is 8.45. The number of carbonyl (C=O) groups excluding carboxylic acids is 2. The van der Waals surface area contributed by atoms with Crippen LogP contribution in [-0.4, -0.2) is 32.1 Å². The van der Waals surface area contributed by atoms with Crippen molar-refractivity contribution in [2.24, 2.45) is 0 Å². The Morgan fingerprint density at radius 3 is 2.44 bits per heavy atom. The minimum atomic E-state index is -2.97. The molecule has 0 fully saturated rings. The topological polar surface area (TPSA) is 61.8 Å². The molecule has 8 heteroatoms. The number of ether oxygens (including phenoxy) is 3. The van der Waals surface area contributed by atoms with Gasteiger partial charge < -0.3 is 14.2 Å². The van der Waals surface area contributed by atoms with Crippen molar-refractivity contribution in [2.45, 2.75) is 6.61 Å². The van der Waals surface area contributed by atoms with E-state index in [2.05, 4.69) is 20.7 Å². The first-order valence-electron chi connectivity index (χ1n) is 7.65. The summed E-state index contributed by atoms with van der Waals surface area (Å²) in [6, 6.07) is 10.9. The van der Waals surface area contributed by atoms with Gasteiger partial charge in [-0.1, -0.05) is 34.1 Å². The number of esters is 1. The number of rotatable bonds is 8. The molecule has 142 valence electrons. The summed E-state index contributed by atoms with van der Waals surface area (Å²) in [4.78, 5) is 23.7. The number of methoxy groups -OCH3 is 1. The van der Waals surface area contributed by atoms with E-state index in [0.29, 0.717) is 11.1 Å². The molecule has 0 saturated heterocycles. The Bertz CT molecular complexity index is 834. The molecular formula is C19H15BrF2O5. The molecule has 0 aliphatic heterocycles. The smallest absolute Gasteiger partial charge is 0.387 e. The molecule has 0 amide bonds. The molecule has 0 bridgehead atoms. The Morgan fingerprint density at radius 1 is 1.11 bits per heavy atom. The maximum Gasteiger partial charge on any atom is 0.387 e. The highest BCUT2D eigenvalue weighted by Crippen LogP contribution is 2.29. The molecule has 0 saturated carbocycles. The Kier molecular flexibility index (Phi) is 7.48. The Hall–Kier alpha value is -2.74. The van der Waals surface area contributed by atoms with Gasteiger partial charge in [-0.15, -0.1) is 0 Å². The van der Waals surface area contributed by atoms with Crippen molar-refractivity contribution in [2.75, 3.05) is 13.7 Å². The third-order valence-electron chi connectivity index (χ3n) is 3.33. The van der Waals surface area contributed by atoms with E-state index in [1.54, 1.807) is 24.3 Å². The van der Waals surface area contributed by atoms with Crippen LogP contribution in [-0.2, 0) is 9.53 Å². The second-order valence-electron chi connectivity index (χ2n) is 5.16. The van der Waals surface area contributed by atoms with Crippen molar-refractivity contribution in [3.63, 3.8) is 0 Å². The number of Topliss-reactive ketones (excluding diaryl/α,β-unsaturated/α-hetero) is 1. The zero-order chi connectivity index (χ0) is 19.8. The summed E-state index contributed by atoms with van der Waals surface area (Å²) in [7, 11) is 1.31. The quantitative estimate of drug-likeness (QED) is 0.343. The van der Waals surface area contributed by atoms with E-state index in [-0.39, 0.29) is 17.3 Å². The summed E-state index contributed by atoms with van der Waals surface area (Å²) >= 11 is 3.27. The van der Waals surface area contributed by atoms with Gasteiger partial charge in [0.2, 0.25) is 0 Å². The third-order valence-corrected chi connectivity index (χ3v) is 3.86. The van der Waals surface area contributed by atoms with Crippen LogP contribution in [0.1, 0.15) is 15.9 Å². The highest BCUT2D eigenvalue weighted by molar-refractivity contribution is 9.10. The fourth-order valence-electron chi connectivity index (χ4n) is 2.05. The Morgan fingerprint density at radius 2 is 1.81 bits per heavy atom. The largest absolute Gasteiger partial charge is 0.493 e. The van der Waals surface area contributed by atoms with E-state index in [0.717, 1.165) is 10.5 Å². The number of hydrogen-bond acceptors (Lipinski definition) is 5. The van der Waals surface area contributed by atoms with Crippen LogP contribution < -0.4 is 9.47 Å². The number of carbonyl (C=O) groups is 2. The lowest BCUT2D eigenvalue weighted by Gasteiger charge is -2.10. The zero-order valence-electron chi connectivity index (χ0n) is 14.2. The molecule has 0 spiro atoms. The first-order chi connectivity index (χ1) is 12.9. The molecule has 2 aromatic rings. The first kappa shape index (κ1) is 20.6. The molecule has 0 N–H and O–H groups in total. The van der Waals surface area contributed by atoms with Crippen molar-refractivity contribution in [3.05, 3.63) is 64.1 Å². The van der Waals surface area contributed by atoms with Crippen molar-refractivity contribution >= 4 is 33.8 Å². The van der Waals surface area contributed by atoms with E-state index >= 15 is 0 Å². The summed E-state index contributed by atoms with van der Waals surface area (Å²) in [6.07, 6.45) is 2.53. The van der Waals surface area contributed by atoms with Crippen LogP contribution in [0.2, 0.25) is 0 Å². The number of ketones is 1. The molecule has 0 aromatic heterocycles. The maximum atomic E-state index is 12.3. The lowest BCUT2D eigenvalue weighted by atomic mass is 10.1. The fourth-order valence-corrected chi connectivity index (χ4v) is 2.31. The molecule has 0 heterocycles. The normalized spacial score (nSPS) is 10.9. The molecule has 0 atom stereocenters. The number of halogens is 3. The van der Waals surface area contributed by atoms with Gasteiger partial charge in [-0.3, -0.25) is 4.79 Å². The summed E-state index contributed by atoms with van der Waals surface area (Å²) in [5, 5.41) is 0. The molecule has 0 aliphatic rings. The third kappa shape index (κ3) is 6.49. The molecule has 5 nitrogen and oxygen atoms in total. The second kappa shape index (κ2) is 9.82. The van der Waals surface area contributed by atoms with Gasteiger partial charge in [-0.05, 0) is 35.9 Å². The van der Waals surface area contributed by atoms with Crippen LogP contribution in [0.5, 0.6) is 11.5 Å². The van der Waals surface area contributed by atoms with Gasteiger partial charge in [-0.2, -0.15) is 8.78 Å². The molecular weight excluding hydrogens is 426 g/mol. The Balaban J connectivity index is 1.94. The van der Waals surface area contributed by atoms with Gasteiger partial charge in [0, 0.05) is 16.1 Å². The predicted molar refractivity (Wildman–Crippen MR) is 98.1 cm³/mol. The maximum absolute atomic E-state index is 12.3. The van der Waals surface area contributed by atoms with E-state index < -0.39 is 19.2 Å². The monoisotopic (exact) mass is 440 g/mol. The van der Waals surface area contributed by atoms with Gasteiger partial charge in [0.1, 0.15) is 0 Å². The Labute approximate surface area is 162 Å². The van der Waals surface area contributed by atoms with Gasteiger partial charge in [0.05, 0.1) is 7.11 Å².